The molecular weight excluding hydrogens is 146 g/mol. The maximum atomic E-state index is 5.43. The van der Waals surface area contributed by atoms with E-state index >= 15 is 0 Å². The average molecular weight is 155 g/mol. The van der Waals surface area contributed by atoms with Crippen LogP contribution in [-0.4, -0.2) is 10.2 Å². The summed E-state index contributed by atoms with van der Waals surface area (Å²) in [7, 11) is 0. The Balaban J connectivity index is 2.20. The second kappa shape index (κ2) is 1.92. The number of nitrogens with zero attached hydrogens (tertiary/aromatic N) is 2. The van der Waals surface area contributed by atoms with Gasteiger partial charge in [-0.3, -0.25) is 0 Å². The number of aromatic nitrogens is 2. The molecule has 2 rings (SSSR count). The molecule has 1 fully saturated rings. The minimum Gasteiger partial charge on any atom is -0.374 e. The molecule has 0 aliphatic heterocycles. The lowest BCUT2D eigenvalue weighted by molar-refractivity contribution is 0.882. The third-order valence-electron chi connectivity index (χ3n) is 1.88. The fourth-order valence-electron chi connectivity index (χ4n) is 1.06. The first-order valence-electron chi connectivity index (χ1n) is 3.36. The van der Waals surface area contributed by atoms with Crippen LogP contribution in [0.1, 0.15) is 24.3 Å². The van der Waals surface area contributed by atoms with Crippen molar-refractivity contribution in [1.82, 2.24) is 10.2 Å². The molecule has 0 spiro atoms. The fraction of sp³-hybridized carbons (Fsp3) is 0.667. The molecule has 54 valence electrons. The van der Waals surface area contributed by atoms with E-state index in [1.165, 1.54) is 17.8 Å². The molecule has 2 atom stereocenters. The second-order valence-corrected chi connectivity index (χ2v) is 3.84. The molecule has 0 saturated heterocycles. The molecule has 0 unspecified atom stereocenters. The van der Waals surface area contributed by atoms with Crippen LogP contribution in [0.3, 0.4) is 0 Å². The molecule has 3 nitrogen and oxygen atoms in total. The maximum absolute atomic E-state index is 5.43. The number of rotatable bonds is 1. The number of nitrogen functional groups attached to an aromatic ring is 1. The Morgan fingerprint density at radius 3 is 2.70 bits per heavy atom. The summed E-state index contributed by atoms with van der Waals surface area (Å²) < 4.78 is 0. The summed E-state index contributed by atoms with van der Waals surface area (Å²) in [6, 6.07) is 0. The Hall–Kier alpha value is -0.640. The Labute approximate surface area is 63.3 Å². The van der Waals surface area contributed by atoms with Crippen LogP contribution in [0.25, 0.3) is 0 Å². The molecule has 1 aromatic rings. The summed E-state index contributed by atoms with van der Waals surface area (Å²) in [5.74, 6) is 1.46. The predicted molar refractivity (Wildman–Crippen MR) is 40.8 cm³/mol. The summed E-state index contributed by atoms with van der Waals surface area (Å²) in [6.07, 6.45) is 1.26. The normalized spacial score (nSPS) is 30.5. The second-order valence-electron chi connectivity index (χ2n) is 2.80. The minimum atomic E-state index is 0.592. The molecule has 0 aromatic carbocycles. The van der Waals surface area contributed by atoms with E-state index < -0.39 is 0 Å². The van der Waals surface area contributed by atoms with Crippen molar-refractivity contribution in [2.24, 2.45) is 5.92 Å². The van der Waals surface area contributed by atoms with E-state index in [-0.39, 0.29) is 0 Å². The van der Waals surface area contributed by atoms with Gasteiger partial charge in [0.1, 0.15) is 5.01 Å². The van der Waals surface area contributed by atoms with Gasteiger partial charge in [0, 0.05) is 5.92 Å². The van der Waals surface area contributed by atoms with Crippen LogP contribution in [0.4, 0.5) is 5.13 Å². The van der Waals surface area contributed by atoms with Crippen molar-refractivity contribution >= 4 is 16.5 Å². The smallest absolute Gasteiger partial charge is 0.203 e. The number of anilines is 1. The van der Waals surface area contributed by atoms with Crippen molar-refractivity contribution in [1.29, 1.82) is 0 Å². The third-order valence-corrected chi connectivity index (χ3v) is 2.77. The standard InChI is InChI=1S/C6H9N3S/c1-3-2-4(3)5-8-9-6(7)10-5/h3-4H,2H2,1H3,(H2,7,9)/t3-,4-/m1/s1. The lowest BCUT2D eigenvalue weighted by Gasteiger charge is -1.82. The monoisotopic (exact) mass is 155 g/mol. The molecular formula is C6H9N3S. The zero-order chi connectivity index (χ0) is 7.14. The summed E-state index contributed by atoms with van der Waals surface area (Å²) in [5, 5.41) is 9.44. The van der Waals surface area contributed by atoms with E-state index in [1.807, 2.05) is 0 Å². The van der Waals surface area contributed by atoms with Gasteiger partial charge in [-0.1, -0.05) is 18.3 Å². The van der Waals surface area contributed by atoms with E-state index in [2.05, 4.69) is 17.1 Å². The lowest BCUT2D eigenvalue weighted by atomic mass is 10.4. The topological polar surface area (TPSA) is 51.8 Å². The minimum absolute atomic E-state index is 0.592. The van der Waals surface area contributed by atoms with Crippen LogP contribution in [0.5, 0.6) is 0 Å². The first-order valence-corrected chi connectivity index (χ1v) is 4.18. The van der Waals surface area contributed by atoms with Crippen LogP contribution in [-0.2, 0) is 0 Å². The van der Waals surface area contributed by atoms with Crippen molar-refractivity contribution in [3.63, 3.8) is 0 Å². The molecule has 1 heterocycles. The lowest BCUT2D eigenvalue weighted by Crippen LogP contribution is -1.80. The van der Waals surface area contributed by atoms with Crippen molar-refractivity contribution in [2.45, 2.75) is 19.3 Å². The molecule has 0 radical (unpaired) electrons. The third kappa shape index (κ3) is 0.883. The Bertz CT molecular complexity index is 245. The van der Waals surface area contributed by atoms with Crippen LogP contribution < -0.4 is 5.73 Å². The van der Waals surface area contributed by atoms with E-state index in [4.69, 9.17) is 5.73 Å². The predicted octanol–water partition coefficient (Wildman–Crippen LogP) is 1.24. The van der Waals surface area contributed by atoms with Crippen molar-refractivity contribution in [3.05, 3.63) is 5.01 Å². The number of hydrogen-bond donors (Lipinski definition) is 1. The van der Waals surface area contributed by atoms with Crippen LogP contribution in [0, 0.1) is 5.92 Å². The fourth-order valence-corrected chi connectivity index (χ4v) is 1.92. The summed E-state index contributed by atoms with van der Waals surface area (Å²) in [5.41, 5.74) is 5.43. The van der Waals surface area contributed by atoms with Crippen molar-refractivity contribution < 1.29 is 0 Å². The molecule has 0 amide bonds. The van der Waals surface area contributed by atoms with E-state index in [0.717, 1.165) is 10.9 Å². The molecule has 0 bridgehead atoms. The van der Waals surface area contributed by atoms with Gasteiger partial charge in [-0.25, -0.2) is 0 Å². The van der Waals surface area contributed by atoms with Gasteiger partial charge in [0.25, 0.3) is 0 Å². The molecule has 1 aliphatic carbocycles. The number of hydrogen-bond acceptors (Lipinski definition) is 4. The van der Waals surface area contributed by atoms with E-state index in [1.54, 1.807) is 0 Å². The molecule has 1 saturated carbocycles. The van der Waals surface area contributed by atoms with Gasteiger partial charge < -0.3 is 5.73 Å². The van der Waals surface area contributed by atoms with Gasteiger partial charge in [-0.15, -0.1) is 10.2 Å². The highest BCUT2D eigenvalue weighted by Gasteiger charge is 2.36. The molecule has 1 aromatic heterocycles. The summed E-state index contributed by atoms with van der Waals surface area (Å²) >= 11 is 1.52. The molecule has 10 heavy (non-hydrogen) atoms. The maximum Gasteiger partial charge on any atom is 0.203 e. The zero-order valence-electron chi connectivity index (χ0n) is 5.74. The van der Waals surface area contributed by atoms with Crippen LogP contribution >= 0.6 is 11.3 Å². The first kappa shape index (κ1) is 6.09. The average Bonchev–Trinajstić information content (AvgIpc) is 2.42. The first-order chi connectivity index (χ1) is 4.77. The highest BCUT2D eigenvalue weighted by molar-refractivity contribution is 7.15. The van der Waals surface area contributed by atoms with Gasteiger partial charge in [0.05, 0.1) is 0 Å². The quantitative estimate of drug-likeness (QED) is 0.664. The summed E-state index contributed by atoms with van der Waals surface area (Å²) in [4.78, 5) is 0. The van der Waals surface area contributed by atoms with Crippen LogP contribution in [0.2, 0.25) is 0 Å². The SMILES string of the molecule is C[C@@H]1C[C@H]1c1nnc(N)s1. The summed E-state index contributed by atoms with van der Waals surface area (Å²) in [6.45, 7) is 2.22. The van der Waals surface area contributed by atoms with E-state index in [9.17, 15) is 0 Å². The van der Waals surface area contributed by atoms with E-state index in [0.29, 0.717) is 11.0 Å². The van der Waals surface area contributed by atoms with Gasteiger partial charge in [-0.05, 0) is 12.3 Å². The van der Waals surface area contributed by atoms with Crippen molar-refractivity contribution in [2.75, 3.05) is 5.73 Å². The highest BCUT2D eigenvalue weighted by Crippen LogP contribution is 2.47. The van der Waals surface area contributed by atoms with Gasteiger partial charge in [0.2, 0.25) is 5.13 Å². The van der Waals surface area contributed by atoms with Gasteiger partial charge >= 0.3 is 0 Å². The Morgan fingerprint density at radius 2 is 2.30 bits per heavy atom. The Kier molecular flexibility index (Phi) is 1.17. The number of nitrogens with two attached hydrogens (primary N) is 1. The van der Waals surface area contributed by atoms with Crippen LogP contribution in [0.15, 0.2) is 0 Å². The molecule has 4 heteroatoms. The van der Waals surface area contributed by atoms with Crippen molar-refractivity contribution in [3.8, 4) is 0 Å². The Morgan fingerprint density at radius 1 is 1.60 bits per heavy atom. The van der Waals surface area contributed by atoms with Gasteiger partial charge in [-0.2, -0.15) is 0 Å². The molecule has 2 N–H and O–H groups in total. The molecule has 1 aliphatic rings. The highest BCUT2D eigenvalue weighted by atomic mass is 32.1. The zero-order valence-corrected chi connectivity index (χ0v) is 6.56. The largest absolute Gasteiger partial charge is 0.374 e. The van der Waals surface area contributed by atoms with Gasteiger partial charge in [0.15, 0.2) is 0 Å².